The van der Waals surface area contributed by atoms with Crippen molar-refractivity contribution in [1.29, 1.82) is 0 Å². The average molecular weight is 411 g/mol. The summed E-state index contributed by atoms with van der Waals surface area (Å²) < 4.78 is 23.4. The fourth-order valence-corrected chi connectivity index (χ4v) is 1.30. The van der Waals surface area contributed by atoms with Gasteiger partial charge in [-0.1, -0.05) is 40.0 Å². The standard InChI is InChI=1S/2C6H12O3.C5H12.C4H10O/c1-3-4-9-5-6(7)8-2;1-3-8-5-6(7)9-4-2;2*1-3-5-4-2/h2*3-5H2,1-2H3;3-5H2,1-2H3;3-4H2,1-2H3. The van der Waals surface area contributed by atoms with Crippen LogP contribution in [0.5, 0.6) is 0 Å². The first-order valence-electron chi connectivity index (χ1n) is 10.4. The van der Waals surface area contributed by atoms with Crippen LogP contribution in [-0.2, 0) is 33.3 Å². The van der Waals surface area contributed by atoms with E-state index in [9.17, 15) is 9.59 Å². The molecule has 0 unspecified atom stereocenters. The van der Waals surface area contributed by atoms with Crippen LogP contribution in [0.25, 0.3) is 0 Å². The van der Waals surface area contributed by atoms with Gasteiger partial charge in [-0.3, -0.25) is 0 Å². The summed E-state index contributed by atoms with van der Waals surface area (Å²) >= 11 is 0. The van der Waals surface area contributed by atoms with Gasteiger partial charge in [-0.2, -0.15) is 0 Å². The van der Waals surface area contributed by atoms with Crippen LogP contribution in [-0.4, -0.2) is 65.3 Å². The van der Waals surface area contributed by atoms with Gasteiger partial charge in [0.15, 0.2) is 0 Å². The molecule has 0 spiro atoms. The zero-order valence-electron chi connectivity index (χ0n) is 19.6. The number of ether oxygens (including phenoxy) is 5. The lowest BCUT2D eigenvalue weighted by Gasteiger charge is -1.99. The van der Waals surface area contributed by atoms with Crippen LogP contribution >= 0.6 is 0 Å². The Bertz CT molecular complexity index is 274. The number of carbonyl (C=O) groups is 2. The summed E-state index contributed by atoms with van der Waals surface area (Å²) in [6, 6.07) is 0. The van der Waals surface area contributed by atoms with Gasteiger partial charge in [0.2, 0.25) is 0 Å². The van der Waals surface area contributed by atoms with Gasteiger partial charge in [0, 0.05) is 26.4 Å². The molecule has 0 atom stereocenters. The van der Waals surface area contributed by atoms with E-state index >= 15 is 0 Å². The fourth-order valence-electron chi connectivity index (χ4n) is 1.30. The number of carbonyl (C=O) groups excluding carboxylic acids is 2. The van der Waals surface area contributed by atoms with E-state index in [1.54, 1.807) is 6.92 Å². The summed E-state index contributed by atoms with van der Waals surface area (Å²) in [5, 5.41) is 0. The smallest absolute Gasteiger partial charge is 0.332 e. The van der Waals surface area contributed by atoms with Gasteiger partial charge < -0.3 is 23.7 Å². The molecule has 0 amide bonds. The van der Waals surface area contributed by atoms with Crippen LogP contribution in [0.4, 0.5) is 0 Å². The van der Waals surface area contributed by atoms with E-state index in [0.29, 0.717) is 19.8 Å². The maximum atomic E-state index is 10.5. The van der Waals surface area contributed by atoms with Crippen LogP contribution in [0.1, 0.15) is 74.1 Å². The largest absolute Gasteiger partial charge is 0.467 e. The maximum absolute atomic E-state index is 10.5. The van der Waals surface area contributed by atoms with Crippen molar-refractivity contribution in [3.05, 3.63) is 0 Å². The average Bonchev–Trinajstić information content (AvgIpc) is 2.69. The third-order valence-corrected chi connectivity index (χ3v) is 2.64. The Kier molecular flexibility index (Phi) is 45.0. The minimum atomic E-state index is -0.316. The summed E-state index contributed by atoms with van der Waals surface area (Å²) in [4.78, 5) is 20.8. The zero-order chi connectivity index (χ0) is 22.5. The third-order valence-electron chi connectivity index (χ3n) is 2.64. The zero-order valence-corrected chi connectivity index (χ0v) is 19.6. The summed E-state index contributed by atoms with van der Waals surface area (Å²) in [6.45, 7) is 17.4. The lowest BCUT2D eigenvalue weighted by molar-refractivity contribution is -0.148. The summed E-state index contributed by atoms with van der Waals surface area (Å²) in [7, 11) is 1.34. The van der Waals surface area contributed by atoms with E-state index in [-0.39, 0.29) is 25.2 Å². The van der Waals surface area contributed by atoms with Crippen molar-refractivity contribution in [3.63, 3.8) is 0 Å². The number of hydrogen-bond acceptors (Lipinski definition) is 7. The number of esters is 2. The first kappa shape index (κ1) is 34.3. The molecule has 28 heavy (non-hydrogen) atoms. The number of hydrogen-bond donors (Lipinski definition) is 0. The normalized spacial score (nSPS) is 8.86. The van der Waals surface area contributed by atoms with Crippen molar-refractivity contribution in [2.24, 2.45) is 0 Å². The first-order valence-corrected chi connectivity index (χ1v) is 10.4. The highest BCUT2D eigenvalue weighted by Gasteiger charge is 1.98. The summed E-state index contributed by atoms with van der Waals surface area (Å²) in [6.07, 6.45) is 5.00. The van der Waals surface area contributed by atoms with Crippen molar-refractivity contribution in [1.82, 2.24) is 0 Å². The molecular weight excluding hydrogens is 364 g/mol. The van der Waals surface area contributed by atoms with Gasteiger partial charge >= 0.3 is 11.9 Å². The monoisotopic (exact) mass is 410 g/mol. The van der Waals surface area contributed by atoms with Gasteiger partial charge in [0.05, 0.1) is 13.7 Å². The Hall–Kier alpha value is -1.18. The quantitative estimate of drug-likeness (QED) is 0.348. The van der Waals surface area contributed by atoms with Gasteiger partial charge in [-0.05, 0) is 34.1 Å². The van der Waals surface area contributed by atoms with E-state index in [1.165, 1.54) is 26.4 Å². The van der Waals surface area contributed by atoms with Crippen molar-refractivity contribution in [2.75, 3.05) is 53.4 Å². The van der Waals surface area contributed by atoms with Crippen molar-refractivity contribution in [2.45, 2.75) is 74.1 Å². The molecule has 0 heterocycles. The third kappa shape index (κ3) is 49.8. The number of methoxy groups -OCH3 is 1. The van der Waals surface area contributed by atoms with Gasteiger partial charge in [0.25, 0.3) is 0 Å². The van der Waals surface area contributed by atoms with Crippen molar-refractivity contribution >= 4 is 11.9 Å². The first-order chi connectivity index (χ1) is 13.4. The molecule has 7 heteroatoms. The molecular formula is C21H46O7. The van der Waals surface area contributed by atoms with Crippen LogP contribution in [0.15, 0.2) is 0 Å². The molecule has 7 nitrogen and oxygen atoms in total. The van der Waals surface area contributed by atoms with Gasteiger partial charge in [0.1, 0.15) is 13.2 Å². The predicted octanol–water partition coefficient (Wildman–Crippen LogP) is 4.41. The molecule has 0 N–H and O–H groups in total. The molecule has 0 saturated heterocycles. The van der Waals surface area contributed by atoms with E-state index in [4.69, 9.17) is 14.2 Å². The molecule has 0 fully saturated rings. The molecule has 172 valence electrons. The number of unbranched alkanes of at least 4 members (excludes halogenated alkanes) is 2. The Balaban J connectivity index is -0.000000143. The van der Waals surface area contributed by atoms with E-state index in [0.717, 1.165) is 19.6 Å². The number of rotatable bonds is 12. The van der Waals surface area contributed by atoms with Crippen molar-refractivity contribution < 1.29 is 33.3 Å². The molecule has 0 aromatic rings. The van der Waals surface area contributed by atoms with Crippen molar-refractivity contribution in [3.8, 4) is 0 Å². The summed E-state index contributed by atoms with van der Waals surface area (Å²) in [5.41, 5.74) is 0. The molecule has 0 saturated carbocycles. The Morgan fingerprint density at radius 3 is 1.39 bits per heavy atom. The minimum Gasteiger partial charge on any atom is -0.467 e. The second-order valence-electron chi connectivity index (χ2n) is 5.21. The Morgan fingerprint density at radius 2 is 1.11 bits per heavy atom. The molecule has 0 bridgehead atoms. The predicted molar refractivity (Wildman–Crippen MR) is 114 cm³/mol. The lowest BCUT2D eigenvalue weighted by Crippen LogP contribution is -2.11. The lowest BCUT2D eigenvalue weighted by atomic mass is 10.3. The molecule has 0 rings (SSSR count). The highest BCUT2D eigenvalue weighted by atomic mass is 16.6. The molecule has 0 aromatic carbocycles. The fraction of sp³-hybridized carbons (Fsp3) is 0.905. The highest BCUT2D eigenvalue weighted by Crippen LogP contribution is 1.88. The SMILES string of the molecule is CCCCC.CCCOCC(=O)OC.CCOCC.CCOCC(=O)OCC. The summed E-state index contributed by atoms with van der Waals surface area (Å²) in [5.74, 6) is -0.609. The second-order valence-corrected chi connectivity index (χ2v) is 5.21. The molecule has 0 aliphatic heterocycles. The minimum absolute atomic E-state index is 0.0737. The molecule has 0 aromatic heterocycles. The highest BCUT2D eigenvalue weighted by molar-refractivity contribution is 5.70. The Morgan fingerprint density at radius 1 is 0.607 bits per heavy atom. The maximum Gasteiger partial charge on any atom is 0.332 e. The van der Waals surface area contributed by atoms with E-state index in [2.05, 4.69) is 23.3 Å². The Labute approximate surface area is 173 Å². The van der Waals surface area contributed by atoms with Crippen LogP contribution in [0.2, 0.25) is 0 Å². The molecule has 0 aliphatic carbocycles. The van der Waals surface area contributed by atoms with Gasteiger partial charge in [-0.15, -0.1) is 0 Å². The van der Waals surface area contributed by atoms with Crippen LogP contribution in [0, 0.1) is 0 Å². The van der Waals surface area contributed by atoms with E-state index in [1.807, 2.05) is 27.7 Å². The molecule has 0 radical (unpaired) electrons. The van der Waals surface area contributed by atoms with Gasteiger partial charge in [-0.25, -0.2) is 9.59 Å². The van der Waals surface area contributed by atoms with Crippen LogP contribution < -0.4 is 0 Å². The second kappa shape index (κ2) is 36.7. The topological polar surface area (TPSA) is 80.3 Å². The molecule has 0 aliphatic rings. The van der Waals surface area contributed by atoms with E-state index < -0.39 is 0 Å². The van der Waals surface area contributed by atoms with Crippen LogP contribution in [0.3, 0.4) is 0 Å².